The number of rotatable bonds is 2. The molecule has 0 atom stereocenters. The number of hydrogen-bond acceptors (Lipinski definition) is 1. The van der Waals surface area contributed by atoms with Crippen molar-refractivity contribution in [2.24, 2.45) is 5.92 Å². The first kappa shape index (κ1) is 9.52. The molecule has 1 heterocycles. The van der Waals surface area contributed by atoms with Gasteiger partial charge in [0.05, 0.1) is 20.1 Å². The van der Waals surface area contributed by atoms with Gasteiger partial charge in [-0.2, -0.15) is 0 Å². The minimum absolute atomic E-state index is 0.284. The van der Waals surface area contributed by atoms with E-state index in [0.717, 1.165) is 23.5 Å². The SMILES string of the molecule is CC1CC[N+](C)(CC(=O)O)CC1. The summed E-state index contributed by atoms with van der Waals surface area (Å²) >= 11 is 0. The van der Waals surface area contributed by atoms with E-state index in [0.29, 0.717) is 0 Å². The molecular weight excluding hydrogens is 154 g/mol. The van der Waals surface area contributed by atoms with Gasteiger partial charge in [0, 0.05) is 0 Å². The van der Waals surface area contributed by atoms with Gasteiger partial charge in [0.1, 0.15) is 0 Å². The lowest BCUT2D eigenvalue weighted by Crippen LogP contribution is -2.52. The third kappa shape index (κ3) is 2.48. The van der Waals surface area contributed by atoms with E-state index in [2.05, 4.69) is 6.92 Å². The van der Waals surface area contributed by atoms with Crippen LogP contribution in [0.2, 0.25) is 0 Å². The number of likely N-dealkylation sites (N-methyl/N-ethyl adjacent to an activating group) is 1. The number of carboxylic acids is 1. The molecule has 0 aromatic heterocycles. The summed E-state index contributed by atoms with van der Waals surface area (Å²) in [4.78, 5) is 10.5. The summed E-state index contributed by atoms with van der Waals surface area (Å²) in [6, 6.07) is 0. The average Bonchev–Trinajstić information content (AvgIpc) is 1.94. The molecule has 1 saturated heterocycles. The van der Waals surface area contributed by atoms with Crippen molar-refractivity contribution in [3.05, 3.63) is 0 Å². The maximum absolute atomic E-state index is 10.5. The second-order valence-electron chi connectivity index (χ2n) is 4.30. The third-order valence-corrected chi connectivity index (χ3v) is 2.84. The van der Waals surface area contributed by atoms with Gasteiger partial charge < -0.3 is 9.59 Å². The molecule has 3 nitrogen and oxygen atoms in total. The summed E-state index contributed by atoms with van der Waals surface area (Å²) in [5.74, 6) is 0.108. The predicted octanol–water partition coefficient (Wildman–Crippen LogP) is 0.948. The van der Waals surface area contributed by atoms with Crippen molar-refractivity contribution in [2.45, 2.75) is 19.8 Å². The van der Waals surface area contributed by atoms with Gasteiger partial charge in [0.25, 0.3) is 0 Å². The van der Waals surface area contributed by atoms with Crippen LogP contribution in [0.1, 0.15) is 19.8 Å². The molecule has 0 bridgehead atoms. The molecule has 0 aromatic carbocycles. The molecule has 12 heavy (non-hydrogen) atoms. The van der Waals surface area contributed by atoms with Crippen LogP contribution in [0.25, 0.3) is 0 Å². The summed E-state index contributed by atoms with van der Waals surface area (Å²) in [7, 11) is 2.04. The number of hydrogen-bond donors (Lipinski definition) is 1. The van der Waals surface area contributed by atoms with Gasteiger partial charge in [-0.15, -0.1) is 0 Å². The fourth-order valence-corrected chi connectivity index (χ4v) is 1.80. The van der Waals surface area contributed by atoms with Gasteiger partial charge in [-0.3, -0.25) is 0 Å². The molecule has 0 saturated carbocycles. The van der Waals surface area contributed by atoms with E-state index in [-0.39, 0.29) is 6.54 Å². The Balaban J connectivity index is 2.44. The number of carboxylic acid groups (broad SMARTS) is 1. The Bertz CT molecular complexity index is 171. The Morgan fingerprint density at radius 2 is 2.00 bits per heavy atom. The van der Waals surface area contributed by atoms with E-state index in [4.69, 9.17) is 5.11 Å². The first-order valence-electron chi connectivity index (χ1n) is 4.57. The molecule has 0 amide bonds. The minimum Gasteiger partial charge on any atom is -0.477 e. The standard InChI is InChI=1S/C9H17NO2/c1-8-3-5-10(2,6-4-8)7-9(11)12/h8H,3-7H2,1-2H3/p+1. The van der Waals surface area contributed by atoms with E-state index < -0.39 is 5.97 Å². The van der Waals surface area contributed by atoms with Crippen LogP contribution >= 0.6 is 0 Å². The first-order chi connectivity index (χ1) is 5.52. The Hall–Kier alpha value is -0.570. The van der Waals surface area contributed by atoms with Crippen molar-refractivity contribution < 1.29 is 14.4 Å². The normalized spacial score (nSPS) is 36.3. The van der Waals surface area contributed by atoms with Gasteiger partial charge in [0.15, 0.2) is 6.54 Å². The quantitative estimate of drug-likeness (QED) is 0.630. The van der Waals surface area contributed by atoms with Crippen LogP contribution in [0.3, 0.4) is 0 Å². The molecule has 0 aromatic rings. The van der Waals surface area contributed by atoms with Crippen molar-refractivity contribution >= 4 is 5.97 Å². The smallest absolute Gasteiger partial charge is 0.359 e. The highest BCUT2D eigenvalue weighted by molar-refractivity contribution is 5.67. The van der Waals surface area contributed by atoms with Gasteiger partial charge in [-0.05, 0) is 18.8 Å². The number of carbonyl (C=O) groups is 1. The Morgan fingerprint density at radius 3 is 2.42 bits per heavy atom. The van der Waals surface area contributed by atoms with Crippen molar-refractivity contribution in [1.82, 2.24) is 0 Å². The zero-order valence-electron chi connectivity index (χ0n) is 7.92. The van der Waals surface area contributed by atoms with Gasteiger partial charge in [-0.25, -0.2) is 4.79 Å². The second-order valence-corrected chi connectivity index (χ2v) is 4.30. The molecule has 0 spiro atoms. The van der Waals surface area contributed by atoms with Crippen molar-refractivity contribution in [3.8, 4) is 0 Å². The maximum Gasteiger partial charge on any atom is 0.359 e. The van der Waals surface area contributed by atoms with E-state index in [1.807, 2.05) is 7.05 Å². The third-order valence-electron chi connectivity index (χ3n) is 2.84. The van der Waals surface area contributed by atoms with Crippen LogP contribution in [0, 0.1) is 5.92 Å². The number of aliphatic carboxylic acids is 1. The molecule has 1 aliphatic heterocycles. The van der Waals surface area contributed by atoms with E-state index >= 15 is 0 Å². The highest BCUT2D eigenvalue weighted by Crippen LogP contribution is 2.20. The fraction of sp³-hybridized carbons (Fsp3) is 0.889. The first-order valence-corrected chi connectivity index (χ1v) is 4.57. The summed E-state index contributed by atoms with van der Waals surface area (Å²) < 4.78 is 0.722. The lowest BCUT2D eigenvalue weighted by Gasteiger charge is -2.38. The number of likely N-dealkylation sites (tertiary alicyclic amines) is 1. The molecule has 3 heteroatoms. The van der Waals surface area contributed by atoms with Gasteiger partial charge in [0.2, 0.25) is 0 Å². The molecule has 1 fully saturated rings. The minimum atomic E-state index is -0.674. The van der Waals surface area contributed by atoms with Crippen molar-refractivity contribution in [2.75, 3.05) is 26.7 Å². The van der Waals surface area contributed by atoms with Crippen LogP contribution in [-0.4, -0.2) is 42.2 Å². The number of nitrogens with zero attached hydrogens (tertiary/aromatic N) is 1. The summed E-state index contributed by atoms with van der Waals surface area (Å²) in [5.41, 5.74) is 0. The zero-order valence-corrected chi connectivity index (χ0v) is 7.92. The topological polar surface area (TPSA) is 37.3 Å². The Morgan fingerprint density at radius 1 is 1.50 bits per heavy atom. The predicted molar refractivity (Wildman–Crippen MR) is 46.8 cm³/mol. The largest absolute Gasteiger partial charge is 0.477 e. The molecule has 0 unspecified atom stereocenters. The zero-order chi connectivity index (χ0) is 9.19. The molecule has 1 rings (SSSR count). The molecule has 1 aliphatic rings. The molecular formula is C9H18NO2+. The second kappa shape index (κ2) is 3.44. The molecule has 0 radical (unpaired) electrons. The summed E-state index contributed by atoms with van der Waals surface area (Å²) in [6.45, 7) is 4.57. The van der Waals surface area contributed by atoms with E-state index in [9.17, 15) is 4.79 Å². The summed E-state index contributed by atoms with van der Waals surface area (Å²) in [5, 5.41) is 8.68. The van der Waals surface area contributed by atoms with E-state index in [1.165, 1.54) is 12.8 Å². The van der Waals surface area contributed by atoms with Crippen molar-refractivity contribution in [3.63, 3.8) is 0 Å². The fourth-order valence-electron chi connectivity index (χ4n) is 1.80. The molecule has 0 aliphatic carbocycles. The van der Waals surface area contributed by atoms with Crippen LogP contribution in [0.4, 0.5) is 0 Å². The van der Waals surface area contributed by atoms with Crippen LogP contribution in [-0.2, 0) is 4.79 Å². The van der Waals surface area contributed by atoms with Crippen LogP contribution in [0.5, 0.6) is 0 Å². The number of piperidine rings is 1. The van der Waals surface area contributed by atoms with Crippen LogP contribution < -0.4 is 0 Å². The van der Waals surface area contributed by atoms with Crippen molar-refractivity contribution in [1.29, 1.82) is 0 Å². The maximum atomic E-state index is 10.5. The monoisotopic (exact) mass is 172 g/mol. The molecule has 1 N–H and O–H groups in total. The highest BCUT2D eigenvalue weighted by atomic mass is 16.4. The van der Waals surface area contributed by atoms with Gasteiger partial charge in [-0.1, -0.05) is 6.92 Å². The van der Waals surface area contributed by atoms with Gasteiger partial charge >= 0.3 is 5.97 Å². The Labute approximate surface area is 73.6 Å². The highest BCUT2D eigenvalue weighted by Gasteiger charge is 2.29. The lowest BCUT2D eigenvalue weighted by atomic mass is 9.97. The lowest BCUT2D eigenvalue weighted by molar-refractivity contribution is -0.908. The Kier molecular flexibility index (Phi) is 2.73. The van der Waals surface area contributed by atoms with E-state index in [1.54, 1.807) is 0 Å². The van der Waals surface area contributed by atoms with Crippen LogP contribution in [0.15, 0.2) is 0 Å². The molecule has 70 valence electrons. The average molecular weight is 172 g/mol. The summed E-state index contributed by atoms with van der Waals surface area (Å²) in [6.07, 6.45) is 2.34. The number of quaternary nitrogens is 1.